The molecule has 0 spiro atoms. The fraction of sp³-hybridized carbons (Fsp3) is 0.292. The first-order chi connectivity index (χ1) is 17.9. The van der Waals surface area contributed by atoms with E-state index < -0.39 is 94.2 Å². The first-order valence-electron chi connectivity index (χ1n) is 11.0. The second-order valence-corrected chi connectivity index (χ2v) is 8.32. The summed E-state index contributed by atoms with van der Waals surface area (Å²) in [5.74, 6) is -6.22. The maximum atomic E-state index is 13.4. The summed E-state index contributed by atoms with van der Waals surface area (Å²) >= 11 is 0. The molecule has 0 amide bonds. The van der Waals surface area contributed by atoms with Crippen LogP contribution < -0.4 is 10.2 Å². The minimum Gasteiger partial charge on any atom is -0.508 e. The summed E-state index contributed by atoms with van der Waals surface area (Å²) < 4.78 is 26.9. The van der Waals surface area contributed by atoms with Crippen molar-refractivity contribution in [2.45, 2.75) is 38.4 Å². The molecule has 2 heterocycles. The molecule has 1 saturated heterocycles. The van der Waals surface area contributed by atoms with Crippen LogP contribution in [0.2, 0.25) is 0 Å². The van der Waals surface area contributed by atoms with E-state index in [4.69, 9.17) is 23.4 Å². The Hall–Kier alpha value is -4.69. The number of benzene rings is 2. The third-order valence-electron chi connectivity index (χ3n) is 5.53. The predicted octanol–water partition coefficient (Wildman–Crippen LogP) is 0.947. The maximum Gasteiger partial charge on any atom is 0.303 e. The fourth-order valence-electron chi connectivity index (χ4n) is 3.89. The Labute approximate surface area is 212 Å². The molecule has 1 aromatic heterocycles. The van der Waals surface area contributed by atoms with Crippen LogP contribution in [0.15, 0.2) is 33.5 Å². The number of fused-ring (bicyclic) bond motifs is 1. The highest BCUT2D eigenvalue weighted by atomic mass is 16.7. The lowest BCUT2D eigenvalue weighted by Gasteiger charge is -2.20. The molecular formula is C24H22O14. The molecule has 0 bridgehead atoms. The van der Waals surface area contributed by atoms with Gasteiger partial charge in [-0.25, -0.2) is 0 Å². The van der Waals surface area contributed by atoms with Crippen LogP contribution in [0.25, 0.3) is 22.3 Å². The van der Waals surface area contributed by atoms with E-state index in [1.54, 1.807) is 0 Å². The van der Waals surface area contributed by atoms with Gasteiger partial charge in [0.1, 0.15) is 35.2 Å². The highest BCUT2D eigenvalue weighted by Crippen LogP contribution is 2.43. The third-order valence-corrected chi connectivity index (χ3v) is 5.53. The zero-order valence-electron chi connectivity index (χ0n) is 19.8. The smallest absolute Gasteiger partial charge is 0.303 e. The van der Waals surface area contributed by atoms with Gasteiger partial charge in [0.15, 0.2) is 35.2 Å². The van der Waals surface area contributed by atoms with Crippen LogP contribution in [0.5, 0.6) is 34.5 Å². The molecule has 38 heavy (non-hydrogen) atoms. The van der Waals surface area contributed by atoms with Gasteiger partial charge in [-0.2, -0.15) is 0 Å². The van der Waals surface area contributed by atoms with E-state index in [2.05, 4.69) is 0 Å². The second-order valence-electron chi connectivity index (χ2n) is 8.32. The van der Waals surface area contributed by atoms with Crippen LogP contribution in [0.1, 0.15) is 13.8 Å². The normalized spacial score (nSPS) is 20.8. The topological polar surface area (TPSA) is 223 Å². The van der Waals surface area contributed by atoms with Gasteiger partial charge >= 0.3 is 11.9 Å². The van der Waals surface area contributed by atoms with Crippen molar-refractivity contribution in [3.63, 3.8) is 0 Å². The largest absolute Gasteiger partial charge is 0.508 e. The molecule has 0 aliphatic carbocycles. The molecule has 0 unspecified atom stereocenters. The van der Waals surface area contributed by atoms with Crippen molar-refractivity contribution in [3.05, 3.63) is 34.5 Å². The van der Waals surface area contributed by atoms with Gasteiger partial charge in [0.2, 0.25) is 17.5 Å². The van der Waals surface area contributed by atoms with E-state index in [-0.39, 0.29) is 11.1 Å². The third kappa shape index (κ3) is 4.94. The monoisotopic (exact) mass is 534 g/mol. The number of hydrogen-bond acceptors (Lipinski definition) is 14. The SMILES string of the molecule is CC(=O)OC[C@@H]1O[C@@H](Oc2c(-c3cc(O)c(O)c(O)c3)oc3cc(O)cc(O)c3c2=O)[C@H](O)[C@H]1OC(C)=O. The molecule has 1 fully saturated rings. The number of rotatable bonds is 6. The molecule has 14 heteroatoms. The first-order valence-corrected chi connectivity index (χ1v) is 11.0. The quantitative estimate of drug-likeness (QED) is 0.191. The minimum atomic E-state index is -1.71. The Bertz CT molecular complexity index is 1450. The molecule has 2 aromatic carbocycles. The van der Waals surface area contributed by atoms with Gasteiger partial charge in [0.05, 0.1) is 0 Å². The van der Waals surface area contributed by atoms with E-state index in [9.17, 15) is 45.0 Å². The number of phenols is 5. The zero-order chi connectivity index (χ0) is 27.9. The molecule has 3 aromatic rings. The van der Waals surface area contributed by atoms with Crippen LogP contribution in [0, 0.1) is 0 Å². The Morgan fingerprint density at radius 1 is 0.947 bits per heavy atom. The number of hydrogen-bond donors (Lipinski definition) is 6. The maximum absolute atomic E-state index is 13.4. The van der Waals surface area contributed by atoms with Crippen LogP contribution in [0.4, 0.5) is 0 Å². The molecule has 1 aliphatic rings. The predicted molar refractivity (Wildman–Crippen MR) is 124 cm³/mol. The fourth-order valence-corrected chi connectivity index (χ4v) is 3.89. The van der Waals surface area contributed by atoms with Gasteiger partial charge in [-0.05, 0) is 12.1 Å². The van der Waals surface area contributed by atoms with Gasteiger partial charge in [-0.3, -0.25) is 14.4 Å². The summed E-state index contributed by atoms with van der Waals surface area (Å²) in [7, 11) is 0. The number of ether oxygens (including phenoxy) is 4. The molecule has 0 radical (unpaired) electrons. The van der Waals surface area contributed by atoms with Crippen LogP contribution in [-0.2, 0) is 23.8 Å². The average molecular weight is 534 g/mol. The van der Waals surface area contributed by atoms with Crippen molar-refractivity contribution in [3.8, 4) is 45.8 Å². The molecule has 202 valence electrons. The molecule has 1 aliphatic heterocycles. The lowest BCUT2D eigenvalue weighted by Crippen LogP contribution is -2.40. The van der Waals surface area contributed by atoms with Crippen molar-refractivity contribution in [1.29, 1.82) is 0 Å². The molecule has 0 saturated carbocycles. The van der Waals surface area contributed by atoms with E-state index in [0.717, 1.165) is 38.1 Å². The summed E-state index contributed by atoms with van der Waals surface area (Å²) in [5, 5.41) is 60.2. The van der Waals surface area contributed by atoms with Gasteiger partial charge in [0, 0.05) is 31.5 Å². The Morgan fingerprint density at radius 3 is 2.21 bits per heavy atom. The van der Waals surface area contributed by atoms with Crippen molar-refractivity contribution in [1.82, 2.24) is 0 Å². The number of aliphatic hydroxyl groups excluding tert-OH is 1. The van der Waals surface area contributed by atoms with Crippen LogP contribution in [-0.4, -0.2) is 73.8 Å². The number of aliphatic hydroxyl groups is 1. The minimum absolute atomic E-state index is 0.199. The Morgan fingerprint density at radius 2 is 1.61 bits per heavy atom. The molecule has 14 nitrogen and oxygen atoms in total. The van der Waals surface area contributed by atoms with Crippen molar-refractivity contribution < 1.29 is 63.6 Å². The second kappa shape index (κ2) is 9.99. The van der Waals surface area contributed by atoms with Crippen molar-refractivity contribution in [2.75, 3.05) is 6.61 Å². The van der Waals surface area contributed by atoms with Gasteiger partial charge in [-0.1, -0.05) is 0 Å². The summed E-state index contributed by atoms with van der Waals surface area (Å²) in [6, 6.07) is 3.72. The zero-order valence-corrected chi connectivity index (χ0v) is 19.8. The molecule has 4 rings (SSSR count). The summed E-state index contributed by atoms with van der Waals surface area (Å²) in [6.45, 7) is 1.75. The van der Waals surface area contributed by atoms with Crippen LogP contribution >= 0.6 is 0 Å². The highest BCUT2D eigenvalue weighted by molar-refractivity contribution is 5.88. The molecule has 6 N–H and O–H groups in total. The van der Waals surface area contributed by atoms with Gasteiger partial charge < -0.3 is 54.0 Å². The van der Waals surface area contributed by atoms with E-state index in [1.165, 1.54) is 0 Å². The number of carbonyl (C=O) groups is 2. The standard InChI is InChI=1S/C24H22O14/c1-8(25)34-7-16-22(35-9(2)26)20(33)24(37-16)38-23-19(32)17-12(28)5-11(27)6-15(17)36-21(23)10-3-13(29)18(31)14(30)4-10/h3-6,16,20,22,24,27-31,33H,7H2,1-2H3/t16-,20+,22-,24-/m0/s1. The molecular weight excluding hydrogens is 512 g/mol. The number of esters is 2. The summed E-state index contributed by atoms with van der Waals surface area (Å²) in [6.07, 6.45) is -6.00. The highest BCUT2D eigenvalue weighted by Gasteiger charge is 2.48. The summed E-state index contributed by atoms with van der Waals surface area (Å²) in [5.41, 5.74) is -1.54. The van der Waals surface area contributed by atoms with Crippen LogP contribution in [0.3, 0.4) is 0 Å². The summed E-state index contributed by atoms with van der Waals surface area (Å²) in [4.78, 5) is 36.3. The number of phenolic OH excluding ortho intramolecular Hbond substituents is 5. The van der Waals surface area contributed by atoms with E-state index in [0.29, 0.717) is 0 Å². The average Bonchev–Trinajstić information content (AvgIpc) is 3.10. The van der Waals surface area contributed by atoms with Gasteiger partial charge in [-0.15, -0.1) is 0 Å². The Balaban J connectivity index is 1.85. The van der Waals surface area contributed by atoms with Gasteiger partial charge in [0.25, 0.3) is 0 Å². The first kappa shape index (κ1) is 26.4. The van der Waals surface area contributed by atoms with Crippen molar-refractivity contribution in [2.24, 2.45) is 0 Å². The lowest BCUT2D eigenvalue weighted by molar-refractivity contribution is -0.158. The Kier molecular flexibility index (Phi) is 6.93. The molecule has 4 atom stereocenters. The van der Waals surface area contributed by atoms with E-state index in [1.807, 2.05) is 0 Å². The van der Waals surface area contributed by atoms with Crippen molar-refractivity contribution >= 4 is 22.9 Å². The lowest BCUT2D eigenvalue weighted by atomic mass is 10.1. The number of aromatic hydroxyl groups is 5. The number of carbonyl (C=O) groups excluding carboxylic acids is 2. The van der Waals surface area contributed by atoms with E-state index >= 15 is 0 Å².